The van der Waals surface area contributed by atoms with E-state index in [9.17, 15) is 13.2 Å². The molecule has 2 aromatic carbocycles. The number of amides is 1. The van der Waals surface area contributed by atoms with Gasteiger partial charge in [-0.1, -0.05) is 29.8 Å². The van der Waals surface area contributed by atoms with Gasteiger partial charge in [0.2, 0.25) is 5.91 Å². The van der Waals surface area contributed by atoms with Crippen molar-refractivity contribution in [3.8, 4) is 0 Å². The van der Waals surface area contributed by atoms with E-state index in [0.29, 0.717) is 10.7 Å². The van der Waals surface area contributed by atoms with Gasteiger partial charge in [-0.05, 0) is 42.0 Å². The monoisotopic (exact) mass is 335 g/mol. The normalized spacial score (nSPS) is 11.5. The maximum absolute atomic E-state index is 11.9. The summed E-state index contributed by atoms with van der Waals surface area (Å²) in [4.78, 5) is 12.0. The Morgan fingerprint density at radius 2 is 1.86 bits per heavy atom. The zero-order valence-electron chi connectivity index (χ0n) is 11.8. The summed E-state index contributed by atoms with van der Waals surface area (Å²) in [5.74, 6) is -0.356. The number of sulfone groups is 1. The van der Waals surface area contributed by atoms with Crippen molar-refractivity contribution >= 4 is 39.1 Å². The van der Waals surface area contributed by atoms with Crippen LogP contribution in [-0.2, 0) is 14.6 Å². The largest absolute Gasteiger partial charge is 0.322 e. The highest BCUT2D eigenvalue weighted by Crippen LogP contribution is 2.16. The Labute approximate surface area is 134 Å². The van der Waals surface area contributed by atoms with Crippen molar-refractivity contribution in [1.29, 1.82) is 0 Å². The van der Waals surface area contributed by atoms with Crippen LogP contribution >= 0.6 is 11.6 Å². The second-order valence-corrected chi connectivity index (χ2v) is 7.13. The second kappa shape index (κ2) is 6.77. The number of rotatable bonds is 4. The molecule has 0 aliphatic heterocycles. The van der Waals surface area contributed by atoms with Gasteiger partial charge >= 0.3 is 0 Å². The molecule has 22 heavy (non-hydrogen) atoms. The summed E-state index contributed by atoms with van der Waals surface area (Å²) in [5, 5.41) is 3.20. The minimum absolute atomic E-state index is 0.157. The van der Waals surface area contributed by atoms with Crippen molar-refractivity contribution in [1.82, 2.24) is 0 Å². The lowest BCUT2D eigenvalue weighted by atomic mass is 10.2. The molecule has 6 heteroatoms. The van der Waals surface area contributed by atoms with Gasteiger partial charge in [0.15, 0.2) is 9.84 Å². The lowest BCUT2D eigenvalue weighted by Crippen LogP contribution is -2.08. The molecule has 1 amide bonds. The first kappa shape index (κ1) is 16.3. The van der Waals surface area contributed by atoms with E-state index in [4.69, 9.17) is 11.6 Å². The highest BCUT2D eigenvalue weighted by molar-refractivity contribution is 7.90. The Bertz CT molecular complexity index is 829. The minimum atomic E-state index is -3.31. The maximum Gasteiger partial charge on any atom is 0.248 e. The van der Waals surface area contributed by atoms with E-state index in [1.165, 1.54) is 18.2 Å². The maximum atomic E-state index is 11.9. The average Bonchev–Trinajstić information content (AvgIpc) is 2.45. The topological polar surface area (TPSA) is 63.2 Å². The first-order valence-corrected chi connectivity index (χ1v) is 8.66. The van der Waals surface area contributed by atoms with Crippen molar-refractivity contribution in [2.75, 3.05) is 11.6 Å². The Kier molecular flexibility index (Phi) is 5.00. The van der Waals surface area contributed by atoms with Crippen LogP contribution in [0.25, 0.3) is 6.08 Å². The molecule has 0 saturated heterocycles. The number of carbonyl (C=O) groups excluding carboxylic acids is 1. The van der Waals surface area contributed by atoms with E-state index in [0.717, 1.165) is 11.8 Å². The highest BCUT2D eigenvalue weighted by Gasteiger charge is 2.07. The van der Waals surface area contributed by atoms with Crippen LogP contribution in [0.2, 0.25) is 5.02 Å². The van der Waals surface area contributed by atoms with Crippen LogP contribution in [0.5, 0.6) is 0 Å². The summed E-state index contributed by atoms with van der Waals surface area (Å²) in [7, 11) is -3.31. The second-order valence-electron chi connectivity index (χ2n) is 4.68. The number of hydrogen-bond donors (Lipinski definition) is 1. The number of hydrogen-bond acceptors (Lipinski definition) is 3. The quantitative estimate of drug-likeness (QED) is 0.871. The van der Waals surface area contributed by atoms with E-state index in [1.54, 1.807) is 36.4 Å². The lowest BCUT2D eigenvalue weighted by Gasteiger charge is -2.04. The van der Waals surface area contributed by atoms with Crippen molar-refractivity contribution in [2.24, 2.45) is 0 Å². The van der Waals surface area contributed by atoms with Gasteiger partial charge in [0, 0.05) is 23.0 Å². The first-order valence-electron chi connectivity index (χ1n) is 6.39. The average molecular weight is 336 g/mol. The molecule has 0 saturated carbocycles. The molecular formula is C16H14ClNO3S. The molecule has 0 fully saturated rings. The first-order chi connectivity index (χ1) is 10.3. The number of halogens is 1. The Hall–Kier alpha value is -2.11. The summed E-state index contributed by atoms with van der Waals surface area (Å²) >= 11 is 5.86. The number of carbonyl (C=O) groups is 1. The fraction of sp³-hybridized carbons (Fsp3) is 0.0625. The van der Waals surface area contributed by atoms with Crippen LogP contribution in [-0.4, -0.2) is 20.6 Å². The number of benzene rings is 2. The molecule has 0 heterocycles. The number of nitrogens with one attached hydrogen (secondary N) is 1. The Morgan fingerprint density at radius 1 is 1.14 bits per heavy atom. The standard InChI is InChI=1S/C16H14ClNO3S/c1-22(20,21)15-7-3-6-14(11-15)18-16(19)9-8-12-4-2-5-13(17)10-12/h2-11H,1H3,(H,18,19)/b9-8+. The molecule has 2 aromatic rings. The lowest BCUT2D eigenvalue weighted by molar-refractivity contribution is -0.111. The van der Waals surface area contributed by atoms with Crippen LogP contribution in [0.4, 0.5) is 5.69 Å². The van der Waals surface area contributed by atoms with E-state index < -0.39 is 9.84 Å². The van der Waals surface area contributed by atoms with Gasteiger partial charge in [0.1, 0.15) is 0 Å². The van der Waals surface area contributed by atoms with Crippen LogP contribution in [0, 0.1) is 0 Å². The summed E-state index contributed by atoms with van der Waals surface area (Å²) in [5.41, 5.74) is 1.22. The fourth-order valence-corrected chi connectivity index (χ4v) is 2.64. The molecule has 0 unspecified atom stereocenters. The van der Waals surface area contributed by atoms with Gasteiger partial charge in [0.05, 0.1) is 4.90 Å². The molecule has 4 nitrogen and oxygen atoms in total. The van der Waals surface area contributed by atoms with Crippen molar-refractivity contribution in [3.63, 3.8) is 0 Å². The smallest absolute Gasteiger partial charge is 0.248 e. The van der Waals surface area contributed by atoms with Crippen molar-refractivity contribution < 1.29 is 13.2 Å². The van der Waals surface area contributed by atoms with E-state index in [1.807, 2.05) is 6.07 Å². The zero-order valence-corrected chi connectivity index (χ0v) is 13.4. The van der Waals surface area contributed by atoms with Gasteiger partial charge in [0.25, 0.3) is 0 Å². The predicted octanol–water partition coefficient (Wildman–Crippen LogP) is 3.40. The fourth-order valence-electron chi connectivity index (χ4n) is 1.77. The third-order valence-electron chi connectivity index (χ3n) is 2.81. The molecule has 0 aromatic heterocycles. The van der Waals surface area contributed by atoms with Crippen molar-refractivity contribution in [3.05, 3.63) is 65.2 Å². The van der Waals surface area contributed by atoms with Crippen molar-refractivity contribution in [2.45, 2.75) is 4.90 Å². The predicted molar refractivity (Wildman–Crippen MR) is 88.7 cm³/mol. The van der Waals surface area contributed by atoms with Crippen LogP contribution < -0.4 is 5.32 Å². The molecule has 2 rings (SSSR count). The van der Waals surface area contributed by atoms with Crippen LogP contribution in [0.1, 0.15) is 5.56 Å². The highest BCUT2D eigenvalue weighted by atomic mass is 35.5. The van der Waals surface area contributed by atoms with Gasteiger partial charge in [-0.3, -0.25) is 4.79 Å². The molecule has 0 aliphatic rings. The molecule has 0 aliphatic carbocycles. The SMILES string of the molecule is CS(=O)(=O)c1cccc(NC(=O)/C=C/c2cccc(Cl)c2)c1. The van der Waals surface area contributed by atoms with Crippen LogP contribution in [0.3, 0.4) is 0 Å². The molecule has 0 atom stereocenters. The zero-order chi connectivity index (χ0) is 16.2. The van der Waals surface area contributed by atoms with E-state index >= 15 is 0 Å². The minimum Gasteiger partial charge on any atom is -0.322 e. The Balaban J connectivity index is 2.09. The van der Waals surface area contributed by atoms with E-state index in [2.05, 4.69) is 5.32 Å². The molecule has 0 bridgehead atoms. The molecule has 1 N–H and O–H groups in total. The molecule has 0 spiro atoms. The van der Waals surface area contributed by atoms with Gasteiger partial charge in [-0.25, -0.2) is 8.42 Å². The summed E-state index contributed by atoms with van der Waals surface area (Å²) in [6, 6.07) is 13.2. The van der Waals surface area contributed by atoms with Gasteiger partial charge < -0.3 is 5.32 Å². The van der Waals surface area contributed by atoms with E-state index in [-0.39, 0.29) is 10.8 Å². The van der Waals surface area contributed by atoms with Gasteiger partial charge in [-0.2, -0.15) is 0 Å². The Morgan fingerprint density at radius 3 is 2.55 bits per heavy atom. The number of anilines is 1. The molecule has 114 valence electrons. The summed E-state index contributed by atoms with van der Waals surface area (Å²) < 4.78 is 22.9. The summed E-state index contributed by atoms with van der Waals surface area (Å²) in [6.07, 6.45) is 4.10. The molecule has 0 radical (unpaired) electrons. The third kappa shape index (κ3) is 4.72. The molecular weight excluding hydrogens is 322 g/mol. The third-order valence-corrected chi connectivity index (χ3v) is 4.15. The van der Waals surface area contributed by atoms with Gasteiger partial charge in [-0.15, -0.1) is 0 Å². The summed E-state index contributed by atoms with van der Waals surface area (Å²) in [6.45, 7) is 0. The van der Waals surface area contributed by atoms with Crippen LogP contribution in [0.15, 0.2) is 59.5 Å².